The van der Waals surface area contributed by atoms with Crippen LogP contribution in [0.4, 0.5) is 4.39 Å². The summed E-state index contributed by atoms with van der Waals surface area (Å²) < 4.78 is 18.6. The van der Waals surface area contributed by atoms with Crippen molar-refractivity contribution in [3.05, 3.63) is 65.1 Å². The number of hydrogen-bond acceptors (Lipinski definition) is 5. The lowest BCUT2D eigenvalue weighted by molar-refractivity contribution is 0.0475. The van der Waals surface area contributed by atoms with Gasteiger partial charge in [0.1, 0.15) is 12.4 Å². The van der Waals surface area contributed by atoms with E-state index >= 15 is 0 Å². The molecule has 6 rings (SSSR count). The van der Waals surface area contributed by atoms with E-state index in [1.54, 1.807) is 18.2 Å². The monoisotopic (exact) mass is 408 g/mol. The van der Waals surface area contributed by atoms with E-state index in [-0.39, 0.29) is 12.4 Å². The highest BCUT2D eigenvalue weighted by atomic mass is 19.1. The van der Waals surface area contributed by atoms with Gasteiger partial charge in [0.05, 0.1) is 16.8 Å². The number of fused-ring (bicyclic) bond motifs is 4. The molecule has 2 bridgehead atoms. The molecule has 4 heterocycles. The summed E-state index contributed by atoms with van der Waals surface area (Å²) in [6.45, 7) is 4.23. The number of hydrogen-bond donors (Lipinski definition) is 2. The van der Waals surface area contributed by atoms with Crippen LogP contribution in [0.3, 0.4) is 0 Å². The number of aromatic amines is 1. The third-order valence-electron chi connectivity index (χ3n) is 6.36. The zero-order chi connectivity index (χ0) is 20.5. The number of rotatable bonds is 6. The fourth-order valence-electron chi connectivity index (χ4n) is 4.67. The van der Waals surface area contributed by atoms with Crippen LogP contribution in [-0.4, -0.2) is 46.7 Å². The smallest absolute Gasteiger partial charge is 0.339 e. The van der Waals surface area contributed by atoms with Crippen LogP contribution in [0.25, 0.3) is 10.9 Å². The SMILES string of the molecule is O=C(OCc1ccc(F)cc1)c1cccc2n[nH]c(CN[C@H]3CN4CCC3CC4)c12. The number of benzene rings is 2. The summed E-state index contributed by atoms with van der Waals surface area (Å²) in [5.74, 6) is 0.00751. The van der Waals surface area contributed by atoms with Gasteiger partial charge in [0.2, 0.25) is 0 Å². The Morgan fingerprint density at radius 1 is 1.20 bits per heavy atom. The number of H-pyrrole nitrogens is 1. The van der Waals surface area contributed by atoms with Crippen molar-refractivity contribution in [2.75, 3.05) is 19.6 Å². The molecule has 3 saturated heterocycles. The lowest BCUT2D eigenvalue weighted by Gasteiger charge is -2.45. The number of esters is 1. The Balaban J connectivity index is 1.31. The molecule has 0 aliphatic carbocycles. The van der Waals surface area contributed by atoms with E-state index in [1.165, 1.54) is 38.1 Å². The fraction of sp³-hybridized carbons (Fsp3) is 0.391. The predicted molar refractivity (Wildman–Crippen MR) is 111 cm³/mol. The van der Waals surface area contributed by atoms with Gasteiger partial charge in [0, 0.05) is 24.5 Å². The number of aromatic nitrogens is 2. The van der Waals surface area contributed by atoms with Crippen LogP contribution < -0.4 is 5.32 Å². The van der Waals surface area contributed by atoms with Gasteiger partial charge in [0.25, 0.3) is 0 Å². The number of piperidine rings is 3. The molecule has 1 aromatic heterocycles. The first-order valence-electron chi connectivity index (χ1n) is 10.5. The summed E-state index contributed by atoms with van der Waals surface area (Å²) in [4.78, 5) is 15.3. The van der Waals surface area contributed by atoms with Crippen LogP contribution in [0, 0.1) is 11.7 Å². The standard InChI is InChI=1S/C23H25FN4O2/c24-17-6-4-15(5-7-17)14-30-23(29)18-2-1-3-19-22(18)20(27-26-19)12-25-21-13-28-10-8-16(21)9-11-28/h1-7,16,21,25H,8-14H2,(H,26,27)/t21-/m0/s1. The van der Waals surface area contributed by atoms with E-state index in [9.17, 15) is 9.18 Å². The molecule has 6 nitrogen and oxygen atoms in total. The quantitative estimate of drug-likeness (QED) is 0.613. The first-order chi connectivity index (χ1) is 14.7. The molecule has 0 amide bonds. The van der Waals surface area contributed by atoms with Crippen molar-refractivity contribution in [3.63, 3.8) is 0 Å². The molecule has 0 saturated carbocycles. The molecule has 30 heavy (non-hydrogen) atoms. The predicted octanol–water partition coefficient (Wildman–Crippen LogP) is 3.24. The van der Waals surface area contributed by atoms with Gasteiger partial charge in [-0.2, -0.15) is 5.10 Å². The van der Waals surface area contributed by atoms with Crippen LogP contribution in [0.5, 0.6) is 0 Å². The van der Waals surface area contributed by atoms with Crippen molar-refractivity contribution < 1.29 is 13.9 Å². The summed E-state index contributed by atoms with van der Waals surface area (Å²) in [5, 5.41) is 12.0. The number of nitrogens with zero attached hydrogens (tertiary/aromatic N) is 2. The molecule has 156 valence electrons. The second-order valence-electron chi connectivity index (χ2n) is 8.23. The van der Waals surface area contributed by atoms with E-state index < -0.39 is 5.97 Å². The molecule has 7 heteroatoms. The number of ether oxygens (including phenoxy) is 1. The number of halogens is 1. The van der Waals surface area contributed by atoms with E-state index in [0.717, 1.165) is 34.6 Å². The van der Waals surface area contributed by atoms with Crippen molar-refractivity contribution in [2.24, 2.45) is 5.92 Å². The zero-order valence-corrected chi connectivity index (χ0v) is 16.7. The van der Waals surface area contributed by atoms with Gasteiger partial charge >= 0.3 is 5.97 Å². The molecule has 0 radical (unpaired) electrons. The molecule has 3 aromatic rings. The molecule has 0 unspecified atom stereocenters. The van der Waals surface area contributed by atoms with E-state index in [1.807, 2.05) is 12.1 Å². The Hall–Kier alpha value is -2.77. The van der Waals surface area contributed by atoms with Crippen LogP contribution in [0.1, 0.15) is 34.5 Å². The minimum Gasteiger partial charge on any atom is -0.457 e. The average molecular weight is 408 g/mol. The number of nitrogens with one attached hydrogen (secondary N) is 2. The van der Waals surface area contributed by atoms with Gasteiger partial charge in [-0.3, -0.25) is 5.10 Å². The normalized spacial score (nSPS) is 23.0. The molecule has 3 aliphatic rings. The van der Waals surface area contributed by atoms with Crippen LogP contribution in [-0.2, 0) is 17.9 Å². The van der Waals surface area contributed by atoms with Gasteiger partial charge in [-0.05, 0) is 61.7 Å². The lowest BCUT2D eigenvalue weighted by Crippen LogP contribution is -2.55. The van der Waals surface area contributed by atoms with E-state index in [0.29, 0.717) is 18.2 Å². The van der Waals surface area contributed by atoms with Gasteiger partial charge < -0.3 is 15.0 Å². The molecular formula is C23H25FN4O2. The minimum atomic E-state index is -0.407. The second-order valence-corrected chi connectivity index (χ2v) is 8.23. The summed E-state index contributed by atoms with van der Waals surface area (Å²) >= 11 is 0. The third kappa shape index (κ3) is 3.82. The Morgan fingerprint density at radius 2 is 2.00 bits per heavy atom. The Bertz CT molecular complexity index is 1040. The van der Waals surface area contributed by atoms with Gasteiger partial charge in [-0.1, -0.05) is 18.2 Å². The van der Waals surface area contributed by atoms with Crippen LogP contribution in [0.15, 0.2) is 42.5 Å². The zero-order valence-electron chi connectivity index (χ0n) is 16.7. The van der Waals surface area contributed by atoms with Crippen molar-refractivity contribution in [1.82, 2.24) is 20.4 Å². The maximum absolute atomic E-state index is 13.1. The summed E-state index contributed by atoms with van der Waals surface area (Å²) in [6, 6.07) is 11.9. The van der Waals surface area contributed by atoms with Crippen molar-refractivity contribution in [3.8, 4) is 0 Å². The lowest BCUT2D eigenvalue weighted by atomic mass is 9.84. The highest BCUT2D eigenvalue weighted by Gasteiger charge is 2.33. The average Bonchev–Trinajstić information content (AvgIpc) is 3.21. The summed E-state index contributed by atoms with van der Waals surface area (Å²) in [5.41, 5.74) is 2.88. The maximum Gasteiger partial charge on any atom is 0.339 e. The van der Waals surface area contributed by atoms with E-state index in [2.05, 4.69) is 20.4 Å². The molecule has 2 N–H and O–H groups in total. The highest BCUT2D eigenvalue weighted by molar-refractivity contribution is 6.04. The van der Waals surface area contributed by atoms with Gasteiger partial charge in [-0.15, -0.1) is 0 Å². The molecule has 3 aliphatic heterocycles. The van der Waals surface area contributed by atoms with Crippen molar-refractivity contribution in [1.29, 1.82) is 0 Å². The third-order valence-corrected chi connectivity index (χ3v) is 6.36. The van der Waals surface area contributed by atoms with Crippen LogP contribution in [0.2, 0.25) is 0 Å². The number of carbonyl (C=O) groups excluding carboxylic acids is 1. The molecular weight excluding hydrogens is 383 g/mol. The Morgan fingerprint density at radius 3 is 2.73 bits per heavy atom. The molecule has 1 atom stereocenters. The molecule has 0 spiro atoms. The highest BCUT2D eigenvalue weighted by Crippen LogP contribution is 2.28. The Kier molecular flexibility index (Phi) is 5.23. The molecule has 3 fully saturated rings. The topological polar surface area (TPSA) is 70.2 Å². The van der Waals surface area contributed by atoms with Crippen molar-refractivity contribution in [2.45, 2.75) is 32.0 Å². The first-order valence-corrected chi connectivity index (χ1v) is 10.5. The van der Waals surface area contributed by atoms with E-state index in [4.69, 9.17) is 4.74 Å². The fourth-order valence-corrected chi connectivity index (χ4v) is 4.67. The van der Waals surface area contributed by atoms with Gasteiger partial charge in [0.15, 0.2) is 0 Å². The first kappa shape index (κ1) is 19.2. The van der Waals surface area contributed by atoms with Crippen molar-refractivity contribution >= 4 is 16.9 Å². The summed E-state index contributed by atoms with van der Waals surface area (Å²) in [7, 11) is 0. The Labute approximate surface area is 174 Å². The minimum absolute atomic E-state index is 0.0977. The maximum atomic E-state index is 13.1. The van der Waals surface area contributed by atoms with Gasteiger partial charge in [-0.25, -0.2) is 9.18 Å². The number of carbonyl (C=O) groups is 1. The molecule has 2 aromatic carbocycles. The largest absolute Gasteiger partial charge is 0.457 e. The second kappa shape index (κ2) is 8.16. The van der Waals surface area contributed by atoms with Crippen LogP contribution >= 0.6 is 0 Å². The summed E-state index contributed by atoms with van der Waals surface area (Å²) in [6.07, 6.45) is 2.50.